The minimum absolute atomic E-state index is 0.146. The smallest absolute Gasteiger partial charge is 0.261 e. The number of nitriles is 1. The Bertz CT molecular complexity index is 529. The standard InChI is InChI=1S/C13H11ClN2O2/c1-3-6-16-13(17)9(2)18-12-5-4-10(8-15)7-11(12)14/h1,4-5,7,9H,6H2,2H3,(H,16,17). The van der Waals surface area contributed by atoms with E-state index in [4.69, 9.17) is 28.0 Å². The number of halogens is 1. The maximum Gasteiger partial charge on any atom is 0.261 e. The lowest BCUT2D eigenvalue weighted by molar-refractivity contribution is -0.126. The van der Waals surface area contributed by atoms with Gasteiger partial charge in [-0.25, -0.2) is 0 Å². The summed E-state index contributed by atoms with van der Waals surface area (Å²) >= 11 is 5.92. The highest BCUT2D eigenvalue weighted by Crippen LogP contribution is 2.26. The SMILES string of the molecule is C#CCNC(=O)C(C)Oc1ccc(C#N)cc1Cl. The number of nitrogens with zero attached hydrogens (tertiary/aromatic N) is 1. The van der Waals surface area contributed by atoms with Gasteiger partial charge >= 0.3 is 0 Å². The first kappa shape index (κ1) is 13.9. The van der Waals surface area contributed by atoms with Gasteiger partial charge in [0.25, 0.3) is 5.91 Å². The van der Waals surface area contributed by atoms with Crippen molar-refractivity contribution in [3.8, 4) is 24.2 Å². The molecule has 0 bridgehead atoms. The highest BCUT2D eigenvalue weighted by atomic mass is 35.5. The molecule has 92 valence electrons. The lowest BCUT2D eigenvalue weighted by Gasteiger charge is -2.14. The molecule has 0 heterocycles. The van der Waals surface area contributed by atoms with E-state index in [0.29, 0.717) is 11.3 Å². The number of amides is 1. The van der Waals surface area contributed by atoms with Crippen molar-refractivity contribution >= 4 is 17.5 Å². The zero-order chi connectivity index (χ0) is 13.5. The highest BCUT2D eigenvalue weighted by molar-refractivity contribution is 6.32. The minimum atomic E-state index is -0.719. The third-order valence-corrected chi connectivity index (χ3v) is 2.39. The molecule has 1 aromatic rings. The molecule has 0 saturated heterocycles. The van der Waals surface area contributed by atoms with Crippen molar-refractivity contribution in [2.24, 2.45) is 0 Å². The van der Waals surface area contributed by atoms with Crippen LogP contribution >= 0.6 is 11.6 Å². The monoisotopic (exact) mass is 262 g/mol. The fourth-order valence-corrected chi connectivity index (χ4v) is 1.42. The molecule has 0 aromatic heterocycles. The van der Waals surface area contributed by atoms with Gasteiger partial charge in [-0.2, -0.15) is 5.26 Å². The molecule has 0 fully saturated rings. The molecule has 1 rings (SSSR count). The van der Waals surface area contributed by atoms with Crippen molar-refractivity contribution in [1.29, 1.82) is 5.26 Å². The number of benzene rings is 1. The first-order valence-electron chi connectivity index (χ1n) is 5.16. The summed E-state index contributed by atoms with van der Waals surface area (Å²) in [5.74, 6) is 2.31. The summed E-state index contributed by atoms with van der Waals surface area (Å²) in [6.07, 6.45) is 4.31. The van der Waals surface area contributed by atoms with Gasteiger partial charge in [-0.3, -0.25) is 4.79 Å². The third kappa shape index (κ3) is 3.69. The van der Waals surface area contributed by atoms with E-state index in [9.17, 15) is 4.79 Å². The van der Waals surface area contributed by atoms with Gasteiger partial charge < -0.3 is 10.1 Å². The van der Waals surface area contributed by atoms with Gasteiger partial charge in [-0.1, -0.05) is 17.5 Å². The van der Waals surface area contributed by atoms with E-state index < -0.39 is 6.10 Å². The molecule has 0 saturated carbocycles. The Balaban J connectivity index is 2.71. The second kappa shape index (κ2) is 6.54. The van der Waals surface area contributed by atoms with E-state index in [-0.39, 0.29) is 17.5 Å². The Kier molecular flexibility index (Phi) is 5.05. The van der Waals surface area contributed by atoms with Crippen LogP contribution in [-0.4, -0.2) is 18.6 Å². The summed E-state index contributed by atoms with van der Waals surface area (Å²) in [5.41, 5.74) is 0.428. The molecule has 4 nitrogen and oxygen atoms in total. The van der Waals surface area contributed by atoms with Gasteiger partial charge in [0.2, 0.25) is 0 Å². The van der Waals surface area contributed by atoms with Crippen LogP contribution in [0.3, 0.4) is 0 Å². The number of rotatable bonds is 4. The van der Waals surface area contributed by atoms with Crippen molar-refractivity contribution in [2.75, 3.05) is 6.54 Å². The van der Waals surface area contributed by atoms with Crippen LogP contribution in [0.25, 0.3) is 0 Å². The molecular weight excluding hydrogens is 252 g/mol. The Morgan fingerprint density at radius 3 is 2.94 bits per heavy atom. The van der Waals surface area contributed by atoms with E-state index >= 15 is 0 Å². The van der Waals surface area contributed by atoms with Crippen LogP contribution in [0.15, 0.2) is 18.2 Å². The number of nitrogens with one attached hydrogen (secondary N) is 1. The summed E-state index contributed by atoms with van der Waals surface area (Å²) in [5, 5.41) is 11.5. The van der Waals surface area contributed by atoms with Crippen LogP contribution < -0.4 is 10.1 Å². The summed E-state index contributed by atoms with van der Waals surface area (Å²) < 4.78 is 5.38. The largest absolute Gasteiger partial charge is 0.479 e. The van der Waals surface area contributed by atoms with Gasteiger partial charge in [0.05, 0.1) is 23.2 Å². The van der Waals surface area contributed by atoms with Crippen LogP contribution in [0.4, 0.5) is 0 Å². The molecule has 0 aliphatic rings. The van der Waals surface area contributed by atoms with Gasteiger partial charge in [0, 0.05) is 0 Å². The van der Waals surface area contributed by atoms with Gasteiger partial charge in [0.15, 0.2) is 6.10 Å². The Morgan fingerprint density at radius 2 is 2.39 bits per heavy atom. The number of carbonyl (C=O) groups is 1. The minimum Gasteiger partial charge on any atom is -0.479 e. The van der Waals surface area contributed by atoms with Gasteiger partial charge in [0.1, 0.15) is 5.75 Å². The number of carbonyl (C=O) groups excluding carboxylic acids is 1. The normalized spacial score (nSPS) is 10.9. The highest BCUT2D eigenvalue weighted by Gasteiger charge is 2.15. The van der Waals surface area contributed by atoms with Crippen LogP contribution in [0, 0.1) is 23.7 Å². The number of hydrogen-bond donors (Lipinski definition) is 1. The second-order valence-electron chi connectivity index (χ2n) is 3.44. The fraction of sp³-hybridized carbons (Fsp3) is 0.231. The average molecular weight is 263 g/mol. The first-order chi connectivity index (χ1) is 8.58. The maximum atomic E-state index is 11.5. The Hall–Kier alpha value is -2.17. The number of ether oxygens (including phenoxy) is 1. The molecular formula is C13H11ClN2O2. The fourth-order valence-electron chi connectivity index (χ4n) is 1.19. The third-order valence-electron chi connectivity index (χ3n) is 2.10. The predicted molar refractivity (Wildman–Crippen MR) is 68.1 cm³/mol. The van der Waals surface area contributed by atoms with E-state index in [1.54, 1.807) is 19.1 Å². The number of hydrogen-bond acceptors (Lipinski definition) is 3. The first-order valence-corrected chi connectivity index (χ1v) is 5.53. The lowest BCUT2D eigenvalue weighted by atomic mass is 10.2. The van der Waals surface area contributed by atoms with E-state index in [1.165, 1.54) is 6.07 Å². The quantitative estimate of drug-likeness (QED) is 0.841. The summed E-state index contributed by atoms with van der Waals surface area (Å²) in [6.45, 7) is 1.73. The van der Waals surface area contributed by atoms with Gasteiger partial charge in [-0.05, 0) is 25.1 Å². The molecule has 1 unspecified atom stereocenters. The molecule has 0 aliphatic heterocycles. The van der Waals surface area contributed by atoms with Gasteiger partial charge in [-0.15, -0.1) is 6.42 Å². The maximum absolute atomic E-state index is 11.5. The van der Waals surface area contributed by atoms with Crippen LogP contribution in [-0.2, 0) is 4.79 Å². The topological polar surface area (TPSA) is 62.1 Å². The van der Waals surface area contributed by atoms with Crippen molar-refractivity contribution in [3.05, 3.63) is 28.8 Å². The summed E-state index contributed by atoms with van der Waals surface area (Å²) in [4.78, 5) is 11.5. The Labute approximate surface area is 111 Å². The van der Waals surface area contributed by atoms with Crippen LogP contribution in [0.5, 0.6) is 5.75 Å². The van der Waals surface area contributed by atoms with Crippen LogP contribution in [0.1, 0.15) is 12.5 Å². The van der Waals surface area contributed by atoms with E-state index in [1.807, 2.05) is 6.07 Å². The lowest BCUT2D eigenvalue weighted by Crippen LogP contribution is -2.36. The average Bonchev–Trinajstić information content (AvgIpc) is 2.38. The zero-order valence-electron chi connectivity index (χ0n) is 9.74. The molecule has 0 spiro atoms. The number of terminal acetylenes is 1. The molecule has 18 heavy (non-hydrogen) atoms. The molecule has 1 aromatic carbocycles. The Morgan fingerprint density at radius 1 is 1.67 bits per heavy atom. The van der Waals surface area contributed by atoms with Crippen molar-refractivity contribution in [2.45, 2.75) is 13.0 Å². The molecule has 1 amide bonds. The molecule has 1 atom stereocenters. The van der Waals surface area contributed by atoms with Crippen LogP contribution in [0.2, 0.25) is 5.02 Å². The van der Waals surface area contributed by atoms with Crippen molar-refractivity contribution in [3.63, 3.8) is 0 Å². The summed E-state index contributed by atoms with van der Waals surface area (Å²) in [7, 11) is 0. The molecule has 5 heteroatoms. The molecule has 0 aliphatic carbocycles. The van der Waals surface area contributed by atoms with E-state index in [2.05, 4.69) is 11.2 Å². The molecule has 1 N–H and O–H groups in total. The summed E-state index contributed by atoms with van der Waals surface area (Å²) in [6, 6.07) is 6.54. The second-order valence-corrected chi connectivity index (χ2v) is 3.85. The molecule has 0 radical (unpaired) electrons. The van der Waals surface area contributed by atoms with Crippen molar-refractivity contribution < 1.29 is 9.53 Å². The van der Waals surface area contributed by atoms with Crippen molar-refractivity contribution in [1.82, 2.24) is 5.32 Å². The predicted octanol–water partition coefficient (Wildman–Crippen LogP) is 1.73. The van der Waals surface area contributed by atoms with E-state index in [0.717, 1.165) is 0 Å². The zero-order valence-corrected chi connectivity index (χ0v) is 10.5.